The van der Waals surface area contributed by atoms with E-state index in [9.17, 15) is 23.4 Å². The number of phenols is 2. The Balaban J connectivity index is 1.62. The summed E-state index contributed by atoms with van der Waals surface area (Å²) in [6.45, 7) is 2.31. The predicted molar refractivity (Wildman–Crippen MR) is 125 cm³/mol. The van der Waals surface area contributed by atoms with Crippen molar-refractivity contribution < 1.29 is 28.2 Å². The van der Waals surface area contributed by atoms with E-state index in [4.69, 9.17) is 16.3 Å². The molecule has 0 heterocycles. The second-order valence-electron chi connectivity index (χ2n) is 6.66. The monoisotopic (exact) mass is 489 g/mol. The molecule has 0 aliphatic carbocycles. The van der Waals surface area contributed by atoms with Crippen LogP contribution in [0.4, 0.5) is 5.69 Å². The fourth-order valence-electron chi connectivity index (χ4n) is 2.69. The number of nitrogens with one attached hydrogen (secondary N) is 2. The van der Waals surface area contributed by atoms with E-state index in [-0.39, 0.29) is 21.2 Å². The molecule has 3 aromatic carbocycles. The third-order valence-electron chi connectivity index (χ3n) is 4.29. The number of halogens is 1. The first-order valence-corrected chi connectivity index (χ1v) is 11.5. The largest absolute Gasteiger partial charge is 0.504 e. The van der Waals surface area contributed by atoms with Gasteiger partial charge in [-0.3, -0.25) is 9.52 Å². The molecule has 4 N–H and O–H groups in total. The number of nitrogens with zero attached hydrogens (tertiary/aromatic N) is 1. The number of anilines is 1. The van der Waals surface area contributed by atoms with Crippen molar-refractivity contribution in [3.8, 4) is 17.2 Å². The van der Waals surface area contributed by atoms with Crippen molar-refractivity contribution in [2.45, 2.75) is 11.8 Å². The third-order valence-corrected chi connectivity index (χ3v) is 5.97. The van der Waals surface area contributed by atoms with Crippen LogP contribution in [0.1, 0.15) is 22.8 Å². The number of benzene rings is 3. The molecule has 3 rings (SSSR count). The number of hydrogen-bond donors (Lipinski definition) is 4. The third kappa shape index (κ3) is 6.15. The van der Waals surface area contributed by atoms with Gasteiger partial charge < -0.3 is 14.9 Å². The Hall–Kier alpha value is -3.76. The maximum absolute atomic E-state index is 12.5. The van der Waals surface area contributed by atoms with Gasteiger partial charge in [0.15, 0.2) is 11.5 Å². The zero-order valence-electron chi connectivity index (χ0n) is 17.3. The Labute approximate surface area is 195 Å². The number of amides is 1. The standard InChI is InChI=1S/C22H20ClN3O6S/c1-2-32-17-7-9-18(10-8-17)33(30,31)26-16-5-3-15(4-6-16)22(29)25-24-13-14-11-19(23)21(28)20(27)12-14/h3-13,26-28H,2H2,1H3,(H,25,29)/b24-13+. The maximum Gasteiger partial charge on any atom is 0.271 e. The van der Waals surface area contributed by atoms with Crippen molar-refractivity contribution >= 4 is 39.4 Å². The molecule has 172 valence electrons. The summed E-state index contributed by atoms with van der Waals surface area (Å²) in [6.07, 6.45) is 1.24. The molecule has 3 aromatic rings. The van der Waals surface area contributed by atoms with Crippen LogP contribution >= 0.6 is 11.6 Å². The van der Waals surface area contributed by atoms with Gasteiger partial charge in [0.05, 0.1) is 22.7 Å². The number of carbonyl (C=O) groups is 1. The van der Waals surface area contributed by atoms with E-state index in [1.165, 1.54) is 54.7 Å². The quantitative estimate of drug-likeness (QED) is 0.216. The van der Waals surface area contributed by atoms with Gasteiger partial charge in [0.25, 0.3) is 15.9 Å². The molecule has 9 nitrogen and oxygen atoms in total. The van der Waals surface area contributed by atoms with Crippen LogP contribution in [-0.4, -0.2) is 37.4 Å². The van der Waals surface area contributed by atoms with Gasteiger partial charge in [-0.25, -0.2) is 13.8 Å². The van der Waals surface area contributed by atoms with Gasteiger partial charge in [-0.05, 0) is 73.2 Å². The first kappa shape index (κ1) is 23.9. The number of sulfonamides is 1. The second-order valence-corrected chi connectivity index (χ2v) is 8.75. The molecule has 0 saturated heterocycles. The second kappa shape index (κ2) is 10.2. The Morgan fingerprint density at radius 1 is 1.09 bits per heavy atom. The van der Waals surface area contributed by atoms with Crippen molar-refractivity contribution in [2.24, 2.45) is 5.10 Å². The molecule has 0 atom stereocenters. The van der Waals surface area contributed by atoms with Crippen molar-refractivity contribution in [3.05, 3.63) is 76.8 Å². The molecule has 0 aromatic heterocycles. The number of ether oxygens (including phenoxy) is 1. The molecule has 0 aliphatic heterocycles. The average Bonchev–Trinajstić information content (AvgIpc) is 2.78. The Morgan fingerprint density at radius 2 is 1.76 bits per heavy atom. The fraction of sp³-hybridized carbons (Fsp3) is 0.0909. The number of phenolic OH excluding ortho intramolecular Hbond substituents is 2. The Kier molecular flexibility index (Phi) is 7.41. The van der Waals surface area contributed by atoms with Gasteiger partial charge in [0.1, 0.15) is 5.75 Å². The summed E-state index contributed by atoms with van der Waals surface area (Å²) < 4.78 is 32.8. The fourth-order valence-corrected chi connectivity index (χ4v) is 3.98. The smallest absolute Gasteiger partial charge is 0.271 e. The zero-order valence-corrected chi connectivity index (χ0v) is 18.9. The lowest BCUT2D eigenvalue weighted by Crippen LogP contribution is -2.18. The minimum atomic E-state index is -3.81. The summed E-state index contributed by atoms with van der Waals surface area (Å²) in [6, 6.07) is 14.4. The van der Waals surface area contributed by atoms with Gasteiger partial charge in [-0.15, -0.1) is 0 Å². The summed E-state index contributed by atoms with van der Waals surface area (Å²) in [5, 5.41) is 22.7. The molecule has 0 fully saturated rings. The summed E-state index contributed by atoms with van der Waals surface area (Å²) in [5.74, 6) is -0.837. The van der Waals surface area contributed by atoms with E-state index in [1.54, 1.807) is 12.1 Å². The van der Waals surface area contributed by atoms with Crippen LogP contribution in [0, 0.1) is 0 Å². The van der Waals surface area contributed by atoms with Crippen LogP contribution in [0.3, 0.4) is 0 Å². The Bertz CT molecular complexity index is 1250. The highest BCUT2D eigenvalue weighted by atomic mass is 35.5. The molecular formula is C22H20ClN3O6S. The first-order chi connectivity index (χ1) is 15.7. The predicted octanol–water partition coefficient (Wildman–Crippen LogP) is 3.71. The molecule has 0 bridgehead atoms. The van der Waals surface area contributed by atoms with Crippen molar-refractivity contribution in [2.75, 3.05) is 11.3 Å². The molecule has 0 unspecified atom stereocenters. The number of aromatic hydroxyl groups is 2. The molecule has 0 spiro atoms. The highest BCUT2D eigenvalue weighted by Crippen LogP contribution is 2.33. The molecule has 1 amide bonds. The van der Waals surface area contributed by atoms with Gasteiger partial charge >= 0.3 is 0 Å². The van der Waals surface area contributed by atoms with Gasteiger partial charge in [-0.2, -0.15) is 5.10 Å². The van der Waals surface area contributed by atoms with E-state index >= 15 is 0 Å². The lowest BCUT2D eigenvalue weighted by atomic mass is 10.2. The van der Waals surface area contributed by atoms with Crippen LogP contribution in [0.2, 0.25) is 5.02 Å². The lowest BCUT2D eigenvalue weighted by Gasteiger charge is -2.09. The molecule has 33 heavy (non-hydrogen) atoms. The van der Waals surface area contributed by atoms with E-state index in [0.29, 0.717) is 17.9 Å². The average molecular weight is 490 g/mol. The van der Waals surface area contributed by atoms with Crippen LogP contribution in [0.15, 0.2) is 70.7 Å². The number of hydrazone groups is 1. The van der Waals surface area contributed by atoms with Crippen LogP contribution in [0.25, 0.3) is 0 Å². The molecule has 0 aliphatic rings. The SMILES string of the molecule is CCOc1ccc(S(=O)(=O)Nc2ccc(C(=O)N/N=C/c3cc(O)c(O)c(Cl)c3)cc2)cc1. The molecular weight excluding hydrogens is 470 g/mol. The number of carbonyl (C=O) groups excluding carboxylic acids is 1. The first-order valence-electron chi connectivity index (χ1n) is 9.60. The maximum atomic E-state index is 12.5. The summed E-state index contributed by atoms with van der Waals surface area (Å²) in [7, 11) is -3.81. The topological polar surface area (TPSA) is 137 Å². The van der Waals surface area contributed by atoms with Gasteiger partial charge in [-0.1, -0.05) is 11.6 Å². The molecule has 0 saturated carbocycles. The summed E-state index contributed by atoms with van der Waals surface area (Å²) >= 11 is 5.76. The Morgan fingerprint density at radius 3 is 2.36 bits per heavy atom. The minimum Gasteiger partial charge on any atom is -0.504 e. The number of rotatable bonds is 8. The van der Waals surface area contributed by atoms with Crippen molar-refractivity contribution in [3.63, 3.8) is 0 Å². The highest BCUT2D eigenvalue weighted by Gasteiger charge is 2.15. The minimum absolute atomic E-state index is 0.0638. The summed E-state index contributed by atoms with van der Waals surface area (Å²) in [4.78, 5) is 12.3. The lowest BCUT2D eigenvalue weighted by molar-refractivity contribution is 0.0955. The van der Waals surface area contributed by atoms with E-state index in [2.05, 4.69) is 15.2 Å². The normalized spacial score (nSPS) is 11.3. The van der Waals surface area contributed by atoms with Crippen LogP contribution < -0.4 is 14.9 Å². The zero-order chi connectivity index (χ0) is 24.0. The molecule has 11 heteroatoms. The number of hydrogen-bond acceptors (Lipinski definition) is 7. The van der Waals surface area contributed by atoms with Gasteiger partial charge in [0.2, 0.25) is 0 Å². The van der Waals surface area contributed by atoms with E-state index in [1.807, 2.05) is 6.92 Å². The van der Waals surface area contributed by atoms with E-state index < -0.39 is 27.4 Å². The van der Waals surface area contributed by atoms with Crippen molar-refractivity contribution in [1.29, 1.82) is 0 Å². The van der Waals surface area contributed by atoms with Gasteiger partial charge in [0, 0.05) is 11.3 Å². The summed E-state index contributed by atoms with van der Waals surface area (Å²) in [5.41, 5.74) is 3.17. The van der Waals surface area contributed by atoms with Crippen LogP contribution in [0.5, 0.6) is 17.2 Å². The van der Waals surface area contributed by atoms with E-state index in [0.717, 1.165) is 0 Å². The van der Waals surface area contributed by atoms with Crippen LogP contribution in [-0.2, 0) is 10.0 Å². The van der Waals surface area contributed by atoms with Crippen molar-refractivity contribution in [1.82, 2.24) is 5.43 Å². The highest BCUT2D eigenvalue weighted by molar-refractivity contribution is 7.92. The molecule has 0 radical (unpaired) electrons.